The van der Waals surface area contributed by atoms with Crippen LogP contribution in [0.2, 0.25) is 39.3 Å². The maximum Gasteiger partial charge on any atom is 0.184 e. The lowest BCUT2D eigenvalue weighted by Crippen LogP contribution is -2.55. The van der Waals surface area contributed by atoms with Gasteiger partial charge in [0.25, 0.3) is 0 Å². The molecule has 0 unspecified atom stereocenters. The van der Waals surface area contributed by atoms with Crippen LogP contribution in [0.25, 0.3) is 0 Å². The molecule has 4 aliphatic carbocycles. The van der Waals surface area contributed by atoms with Gasteiger partial charge in [0.1, 0.15) is 0 Å². The molecule has 0 spiro atoms. The van der Waals surface area contributed by atoms with Crippen molar-refractivity contribution in [3.63, 3.8) is 0 Å². The molecule has 2 nitrogen and oxygen atoms in total. The van der Waals surface area contributed by atoms with Crippen LogP contribution in [-0.4, -0.2) is 28.8 Å². The van der Waals surface area contributed by atoms with Crippen LogP contribution in [0, 0.1) is 34.5 Å². The van der Waals surface area contributed by atoms with Crippen molar-refractivity contribution < 1.29 is 8.85 Å². The van der Waals surface area contributed by atoms with Gasteiger partial charge in [0.15, 0.2) is 16.6 Å². The van der Waals surface area contributed by atoms with Crippen LogP contribution >= 0.6 is 0 Å². The normalized spacial score (nSPS) is 48.0. The predicted molar refractivity (Wildman–Crippen MR) is 128 cm³/mol. The lowest BCUT2D eigenvalue weighted by atomic mass is 9.45. The second kappa shape index (κ2) is 7.45. The van der Waals surface area contributed by atoms with E-state index in [1.165, 1.54) is 57.8 Å². The summed E-state index contributed by atoms with van der Waals surface area (Å²) in [6, 6.07) is 0. The molecule has 0 N–H and O–H groups in total. The van der Waals surface area contributed by atoms with E-state index in [1.54, 1.807) is 0 Å². The van der Waals surface area contributed by atoms with Gasteiger partial charge in [-0.15, -0.1) is 0 Å². The first-order valence-corrected chi connectivity index (χ1v) is 19.5. The summed E-state index contributed by atoms with van der Waals surface area (Å²) in [4.78, 5) is 0. The fourth-order valence-electron chi connectivity index (χ4n) is 8.40. The first-order valence-electron chi connectivity index (χ1n) is 12.7. The maximum atomic E-state index is 6.77. The molecular weight excluding hydrogens is 388 g/mol. The predicted octanol–water partition coefficient (Wildman–Crippen LogP) is 7.47. The van der Waals surface area contributed by atoms with Crippen LogP contribution in [0.1, 0.15) is 71.6 Å². The smallest absolute Gasteiger partial charge is 0.184 e. The van der Waals surface area contributed by atoms with Crippen LogP contribution in [0.3, 0.4) is 0 Å². The highest BCUT2D eigenvalue weighted by atomic mass is 28.4. The highest BCUT2D eigenvalue weighted by Gasteiger charge is 2.60. The highest BCUT2D eigenvalue weighted by molar-refractivity contribution is 6.70. The summed E-state index contributed by atoms with van der Waals surface area (Å²) in [5, 5.41) is 0. The zero-order valence-electron chi connectivity index (χ0n) is 20.6. The largest absolute Gasteiger partial charge is 0.415 e. The minimum atomic E-state index is -1.47. The molecule has 4 heteroatoms. The Bertz CT molecular complexity index is 609. The zero-order chi connectivity index (χ0) is 21.2. The number of fused-ring (bicyclic) bond motifs is 5. The average Bonchev–Trinajstić information content (AvgIpc) is 2.89. The van der Waals surface area contributed by atoms with Crippen molar-refractivity contribution in [3.05, 3.63) is 0 Å². The topological polar surface area (TPSA) is 18.5 Å². The van der Waals surface area contributed by atoms with Gasteiger partial charge in [-0.05, 0) is 132 Å². The molecule has 4 rings (SSSR count). The SMILES string of the molecule is C[C@]12CC[C@H](O[Si](C)(C)C)C[C@@H]1CC[C@@H]1[C@@H]2CC[C@]2(C)[C@@H](O[Si](C)(C)C)CC[C@@H]12. The van der Waals surface area contributed by atoms with Gasteiger partial charge < -0.3 is 8.85 Å². The van der Waals surface area contributed by atoms with E-state index in [1.807, 2.05) is 0 Å². The average molecular weight is 437 g/mol. The van der Waals surface area contributed by atoms with E-state index in [2.05, 4.69) is 53.1 Å². The summed E-state index contributed by atoms with van der Waals surface area (Å²) in [5.74, 6) is 3.73. The third kappa shape index (κ3) is 4.21. The zero-order valence-corrected chi connectivity index (χ0v) is 22.6. The lowest BCUT2D eigenvalue weighted by Gasteiger charge is -2.61. The van der Waals surface area contributed by atoms with Crippen LogP contribution in [0.5, 0.6) is 0 Å². The molecule has 0 heterocycles. The van der Waals surface area contributed by atoms with Crippen molar-refractivity contribution in [2.45, 2.75) is 123 Å². The molecule has 8 atom stereocenters. The molecule has 0 aliphatic heterocycles. The summed E-state index contributed by atoms with van der Waals surface area (Å²) in [6.45, 7) is 19.5. The van der Waals surface area contributed by atoms with Crippen LogP contribution < -0.4 is 0 Å². The number of hydrogen-bond donors (Lipinski definition) is 0. The fraction of sp³-hybridized carbons (Fsp3) is 1.00. The standard InChI is InChI=1S/C25H48O2Si2/c1-24-15-13-19(26-28(3,4)5)17-18(24)9-10-20-21-11-12-23(27-29(6,7)8)25(21,2)16-14-22(20)24/h18-23H,9-17H2,1-8H3/t18-,19-,20-,21-,22-,23-,24-,25-/m0/s1. The number of rotatable bonds is 4. The molecule has 0 aromatic carbocycles. The Morgan fingerprint density at radius 3 is 1.93 bits per heavy atom. The van der Waals surface area contributed by atoms with Gasteiger partial charge in [0.05, 0.1) is 6.10 Å². The van der Waals surface area contributed by atoms with Crippen LogP contribution in [0.15, 0.2) is 0 Å². The summed E-state index contributed by atoms with van der Waals surface area (Å²) in [5.41, 5.74) is 1.02. The van der Waals surface area contributed by atoms with Crippen molar-refractivity contribution in [2.24, 2.45) is 34.5 Å². The second-order valence-corrected chi connectivity index (χ2v) is 22.5. The molecule has 168 valence electrons. The maximum absolute atomic E-state index is 6.77. The Hall–Kier alpha value is 0.354. The van der Waals surface area contributed by atoms with Gasteiger partial charge in [0, 0.05) is 6.10 Å². The number of hydrogen-bond acceptors (Lipinski definition) is 2. The molecule has 0 radical (unpaired) electrons. The van der Waals surface area contributed by atoms with Crippen LogP contribution in [0.4, 0.5) is 0 Å². The Morgan fingerprint density at radius 2 is 1.28 bits per heavy atom. The summed E-state index contributed by atoms with van der Waals surface area (Å²) in [6.07, 6.45) is 13.7. The van der Waals surface area contributed by atoms with E-state index >= 15 is 0 Å². The Morgan fingerprint density at radius 1 is 0.655 bits per heavy atom. The minimum absolute atomic E-state index is 0.447. The molecule has 4 saturated carbocycles. The van der Waals surface area contributed by atoms with Crippen molar-refractivity contribution in [2.75, 3.05) is 0 Å². The summed E-state index contributed by atoms with van der Waals surface area (Å²) < 4.78 is 13.3. The molecular formula is C25H48O2Si2. The molecule has 0 aromatic heterocycles. The molecule has 29 heavy (non-hydrogen) atoms. The first-order chi connectivity index (χ1) is 13.3. The molecule has 0 saturated heterocycles. The van der Waals surface area contributed by atoms with E-state index < -0.39 is 16.6 Å². The van der Waals surface area contributed by atoms with Gasteiger partial charge in [0.2, 0.25) is 0 Å². The Balaban J connectivity index is 1.49. The first kappa shape index (κ1) is 22.5. The summed E-state index contributed by atoms with van der Waals surface area (Å²) >= 11 is 0. The Kier molecular flexibility index (Phi) is 5.79. The van der Waals surface area contributed by atoms with E-state index in [0.717, 1.165) is 23.7 Å². The van der Waals surface area contributed by atoms with Crippen molar-refractivity contribution in [1.29, 1.82) is 0 Å². The third-order valence-corrected chi connectivity index (χ3v) is 11.6. The van der Waals surface area contributed by atoms with Crippen molar-refractivity contribution in [3.8, 4) is 0 Å². The van der Waals surface area contributed by atoms with E-state index in [4.69, 9.17) is 8.85 Å². The van der Waals surface area contributed by atoms with E-state index in [-0.39, 0.29) is 0 Å². The molecule has 0 aromatic rings. The van der Waals surface area contributed by atoms with Crippen molar-refractivity contribution in [1.82, 2.24) is 0 Å². The lowest BCUT2D eigenvalue weighted by molar-refractivity contribution is -0.130. The molecule has 4 aliphatic rings. The van der Waals surface area contributed by atoms with Crippen molar-refractivity contribution >= 4 is 16.6 Å². The Labute approximate surface area is 183 Å². The van der Waals surface area contributed by atoms with Gasteiger partial charge >= 0.3 is 0 Å². The van der Waals surface area contributed by atoms with Gasteiger partial charge in [-0.2, -0.15) is 0 Å². The van der Waals surface area contributed by atoms with E-state index in [0.29, 0.717) is 23.0 Å². The monoisotopic (exact) mass is 436 g/mol. The molecule has 0 amide bonds. The van der Waals surface area contributed by atoms with Gasteiger partial charge in [-0.1, -0.05) is 13.8 Å². The minimum Gasteiger partial charge on any atom is -0.415 e. The molecule has 0 bridgehead atoms. The van der Waals surface area contributed by atoms with Gasteiger partial charge in [-0.25, -0.2) is 0 Å². The molecule has 4 fully saturated rings. The van der Waals surface area contributed by atoms with Crippen LogP contribution in [-0.2, 0) is 8.85 Å². The fourth-order valence-corrected chi connectivity index (χ4v) is 10.9. The van der Waals surface area contributed by atoms with Gasteiger partial charge in [-0.3, -0.25) is 0 Å². The summed E-state index contributed by atoms with van der Waals surface area (Å²) in [7, 11) is -2.90. The van der Waals surface area contributed by atoms with E-state index in [9.17, 15) is 0 Å². The third-order valence-electron chi connectivity index (χ3n) is 9.55. The second-order valence-electron chi connectivity index (χ2n) is 13.6. The highest BCUT2D eigenvalue weighted by Crippen LogP contribution is 2.66. The quantitative estimate of drug-likeness (QED) is 0.425.